The highest BCUT2D eigenvalue weighted by molar-refractivity contribution is 6.34. The summed E-state index contributed by atoms with van der Waals surface area (Å²) in [6.07, 6.45) is 0. The van der Waals surface area contributed by atoms with E-state index < -0.39 is 10.8 Å². The number of halogens is 1. The van der Waals surface area contributed by atoms with Crippen molar-refractivity contribution in [1.82, 2.24) is 0 Å². The fourth-order valence-electron chi connectivity index (χ4n) is 2.27. The number of nitrogens with one attached hydrogen (secondary N) is 1. The quantitative estimate of drug-likeness (QED) is 0.489. The van der Waals surface area contributed by atoms with Crippen molar-refractivity contribution < 1.29 is 14.5 Å². The number of benzene rings is 3. The molecule has 0 aliphatic carbocycles. The highest BCUT2D eigenvalue weighted by Gasteiger charge is 2.16. The first-order valence-corrected chi connectivity index (χ1v) is 7.99. The average Bonchev–Trinajstić information content (AvgIpc) is 2.64. The molecule has 0 aliphatic rings. The number of carbonyl (C=O) groups excluding carboxylic acids is 1. The molecule has 0 heterocycles. The highest BCUT2D eigenvalue weighted by atomic mass is 35.5. The van der Waals surface area contributed by atoms with Crippen LogP contribution >= 0.6 is 11.6 Å². The molecule has 0 saturated heterocycles. The third-order valence-electron chi connectivity index (χ3n) is 3.51. The lowest BCUT2D eigenvalue weighted by Gasteiger charge is -2.12. The molecule has 1 N–H and O–H groups in total. The molecule has 0 radical (unpaired) electrons. The Morgan fingerprint density at radius 3 is 2.38 bits per heavy atom. The van der Waals surface area contributed by atoms with Crippen molar-refractivity contribution in [3.63, 3.8) is 0 Å². The summed E-state index contributed by atoms with van der Waals surface area (Å²) >= 11 is 6.01. The number of non-ortho nitro benzene ring substituents is 1. The smallest absolute Gasteiger partial charge is 0.270 e. The molecule has 0 bridgehead atoms. The van der Waals surface area contributed by atoms with Gasteiger partial charge in [-0.3, -0.25) is 14.9 Å². The number of anilines is 1. The fourth-order valence-corrected chi connectivity index (χ4v) is 2.53. The van der Waals surface area contributed by atoms with Crippen molar-refractivity contribution in [3.8, 4) is 11.5 Å². The van der Waals surface area contributed by atoms with E-state index in [1.165, 1.54) is 12.1 Å². The summed E-state index contributed by atoms with van der Waals surface area (Å²) in [6.45, 7) is 0. The number of carbonyl (C=O) groups is 1. The zero-order chi connectivity index (χ0) is 18.5. The van der Waals surface area contributed by atoms with Crippen LogP contribution in [0.3, 0.4) is 0 Å². The van der Waals surface area contributed by atoms with E-state index in [2.05, 4.69) is 5.32 Å². The normalized spacial score (nSPS) is 10.2. The van der Waals surface area contributed by atoms with Crippen LogP contribution in [-0.2, 0) is 0 Å². The number of nitro benzene ring substituents is 1. The highest BCUT2D eigenvalue weighted by Crippen LogP contribution is 2.30. The Hall–Kier alpha value is -3.38. The van der Waals surface area contributed by atoms with Crippen molar-refractivity contribution >= 4 is 28.9 Å². The van der Waals surface area contributed by atoms with Gasteiger partial charge in [0.2, 0.25) is 0 Å². The van der Waals surface area contributed by atoms with Gasteiger partial charge in [0.1, 0.15) is 5.75 Å². The van der Waals surface area contributed by atoms with E-state index in [9.17, 15) is 14.9 Å². The number of para-hydroxylation sites is 3. The SMILES string of the molecule is O=C(Nc1ccccc1Oc1ccccc1)c1ccc([N+](=O)[O-])cc1Cl. The molecule has 26 heavy (non-hydrogen) atoms. The Balaban J connectivity index is 1.83. The third-order valence-corrected chi connectivity index (χ3v) is 3.83. The summed E-state index contributed by atoms with van der Waals surface area (Å²) in [7, 11) is 0. The minimum Gasteiger partial charge on any atom is -0.455 e. The Bertz CT molecular complexity index is 961. The summed E-state index contributed by atoms with van der Waals surface area (Å²) in [5.41, 5.74) is 0.405. The Morgan fingerprint density at radius 1 is 1.00 bits per heavy atom. The number of nitro groups is 1. The molecule has 0 atom stereocenters. The second-order valence-electron chi connectivity index (χ2n) is 5.29. The summed E-state index contributed by atoms with van der Waals surface area (Å²) < 4.78 is 5.79. The van der Waals surface area contributed by atoms with Gasteiger partial charge in [-0.2, -0.15) is 0 Å². The van der Waals surface area contributed by atoms with Gasteiger partial charge in [0.25, 0.3) is 11.6 Å². The lowest BCUT2D eigenvalue weighted by Crippen LogP contribution is -2.13. The van der Waals surface area contributed by atoms with Crippen LogP contribution in [0.2, 0.25) is 5.02 Å². The third kappa shape index (κ3) is 3.99. The molecule has 7 heteroatoms. The summed E-state index contributed by atoms with van der Waals surface area (Å²) in [5.74, 6) is 0.599. The molecule has 0 fully saturated rings. The van der Waals surface area contributed by atoms with Gasteiger partial charge in [-0.05, 0) is 30.3 Å². The number of ether oxygens (including phenoxy) is 1. The number of rotatable bonds is 5. The lowest BCUT2D eigenvalue weighted by molar-refractivity contribution is -0.384. The van der Waals surface area contributed by atoms with Gasteiger partial charge >= 0.3 is 0 Å². The van der Waals surface area contributed by atoms with E-state index in [4.69, 9.17) is 16.3 Å². The first-order valence-electron chi connectivity index (χ1n) is 7.62. The zero-order valence-electron chi connectivity index (χ0n) is 13.4. The second-order valence-corrected chi connectivity index (χ2v) is 5.69. The van der Waals surface area contributed by atoms with Crippen LogP contribution in [-0.4, -0.2) is 10.8 Å². The van der Waals surface area contributed by atoms with Crippen LogP contribution in [0.25, 0.3) is 0 Å². The topological polar surface area (TPSA) is 81.5 Å². The van der Waals surface area contributed by atoms with Crippen molar-refractivity contribution in [3.05, 3.63) is 93.5 Å². The van der Waals surface area contributed by atoms with Crippen molar-refractivity contribution in [2.24, 2.45) is 0 Å². The van der Waals surface area contributed by atoms with Crippen LogP contribution in [0.1, 0.15) is 10.4 Å². The van der Waals surface area contributed by atoms with E-state index in [1.807, 2.05) is 18.2 Å². The van der Waals surface area contributed by atoms with Gasteiger partial charge in [0.15, 0.2) is 5.75 Å². The second kappa shape index (κ2) is 7.67. The maximum atomic E-state index is 12.5. The molecule has 0 aromatic heterocycles. The summed E-state index contributed by atoms with van der Waals surface area (Å²) in [6, 6.07) is 19.8. The molecule has 3 aromatic rings. The van der Waals surface area contributed by atoms with Crippen molar-refractivity contribution in [2.75, 3.05) is 5.32 Å². The molecule has 0 unspecified atom stereocenters. The van der Waals surface area contributed by atoms with E-state index in [0.717, 1.165) is 6.07 Å². The van der Waals surface area contributed by atoms with E-state index in [0.29, 0.717) is 17.2 Å². The molecule has 130 valence electrons. The van der Waals surface area contributed by atoms with Crippen LogP contribution < -0.4 is 10.1 Å². The predicted octanol–water partition coefficient (Wildman–Crippen LogP) is 5.29. The molecule has 3 rings (SSSR count). The Morgan fingerprint density at radius 2 is 1.69 bits per heavy atom. The average molecular weight is 369 g/mol. The number of nitrogens with zero attached hydrogens (tertiary/aromatic N) is 1. The van der Waals surface area contributed by atoms with Crippen LogP contribution in [0.5, 0.6) is 11.5 Å². The van der Waals surface area contributed by atoms with Gasteiger partial charge in [-0.15, -0.1) is 0 Å². The van der Waals surface area contributed by atoms with E-state index >= 15 is 0 Å². The standard InChI is InChI=1S/C19H13ClN2O4/c20-16-12-13(22(24)25)10-11-15(16)19(23)21-17-8-4-5-9-18(17)26-14-6-2-1-3-7-14/h1-12H,(H,21,23). The molecule has 6 nitrogen and oxygen atoms in total. The first kappa shape index (κ1) is 17.4. The fraction of sp³-hybridized carbons (Fsp3) is 0. The predicted molar refractivity (Wildman–Crippen MR) is 99.0 cm³/mol. The van der Waals surface area contributed by atoms with Gasteiger partial charge < -0.3 is 10.1 Å². The molecule has 0 aliphatic heterocycles. The van der Waals surface area contributed by atoms with Crippen LogP contribution in [0, 0.1) is 10.1 Å². The molecule has 0 saturated carbocycles. The van der Waals surface area contributed by atoms with Gasteiger partial charge in [0, 0.05) is 12.1 Å². The molecular formula is C19H13ClN2O4. The van der Waals surface area contributed by atoms with Crippen molar-refractivity contribution in [2.45, 2.75) is 0 Å². The van der Waals surface area contributed by atoms with Gasteiger partial charge in [-0.25, -0.2) is 0 Å². The summed E-state index contributed by atoms with van der Waals surface area (Å²) in [5, 5.41) is 13.5. The van der Waals surface area contributed by atoms with E-state index in [1.54, 1.807) is 36.4 Å². The minimum atomic E-state index is -0.573. The molecule has 1 amide bonds. The van der Waals surface area contributed by atoms with Crippen LogP contribution in [0.4, 0.5) is 11.4 Å². The minimum absolute atomic E-state index is 0.00170. The zero-order valence-corrected chi connectivity index (χ0v) is 14.1. The molecule has 3 aromatic carbocycles. The number of hydrogen-bond acceptors (Lipinski definition) is 4. The number of hydrogen-bond donors (Lipinski definition) is 1. The lowest BCUT2D eigenvalue weighted by atomic mass is 10.2. The van der Waals surface area contributed by atoms with E-state index in [-0.39, 0.29) is 16.3 Å². The monoisotopic (exact) mass is 368 g/mol. The summed E-state index contributed by atoms with van der Waals surface area (Å²) in [4.78, 5) is 22.7. The van der Waals surface area contributed by atoms with Crippen molar-refractivity contribution in [1.29, 1.82) is 0 Å². The largest absolute Gasteiger partial charge is 0.455 e. The Kier molecular flexibility index (Phi) is 5.15. The number of amides is 1. The van der Waals surface area contributed by atoms with Gasteiger partial charge in [0.05, 0.1) is 21.2 Å². The Labute approximate surface area is 154 Å². The molecule has 0 spiro atoms. The molecular weight excluding hydrogens is 356 g/mol. The maximum Gasteiger partial charge on any atom is 0.270 e. The van der Waals surface area contributed by atoms with Crippen LogP contribution in [0.15, 0.2) is 72.8 Å². The maximum absolute atomic E-state index is 12.5. The first-order chi connectivity index (χ1) is 12.5. The van der Waals surface area contributed by atoms with Gasteiger partial charge in [-0.1, -0.05) is 41.9 Å².